The van der Waals surface area contributed by atoms with Crippen molar-refractivity contribution in [3.8, 4) is 5.75 Å². The van der Waals surface area contributed by atoms with Gasteiger partial charge in [-0.1, -0.05) is 31.2 Å². The van der Waals surface area contributed by atoms with Crippen molar-refractivity contribution in [3.63, 3.8) is 0 Å². The Bertz CT molecular complexity index is 777. The monoisotopic (exact) mass is 338 g/mol. The first-order valence-corrected chi connectivity index (χ1v) is 7.20. The summed E-state index contributed by atoms with van der Waals surface area (Å²) in [5.41, 5.74) is -0.637. The van der Waals surface area contributed by atoms with Crippen molar-refractivity contribution in [2.75, 3.05) is 0 Å². The predicted molar refractivity (Wildman–Crippen MR) is 81.5 cm³/mol. The van der Waals surface area contributed by atoms with Crippen LogP contribution in [0.15, 0.2) is 47.3 Å². The fraction of sp³-hybridized carbons (Fsp3) is 0.250. The molecule has 1 amide bonds. The molecule has 128 valence electrons. The number of hydrogen-bond acceptors (Lipinski definition) is 4. The number of aromatic nitrogens is 1. The summed E-state index contributed by atoms with van der Waals surface area (Å²) in [4.78, 5) is 23.6. The van der Waals surface area contributed by atoms with Crippen molar-refractivity contribution < 1.29 is 23.5 Å². The van der Waals surface area contributed by atoms with Gasteiger partial charge in [0.1, 0.15) is 11.4 Å². The van der Waals surface area contributed by atoms with Gasteiger partial charge in [-0.05, 0) is 18.6 Å². The van der Waals surface area contributed by atoms with Crippen LogP contribution < -0.4 is 15.6 Å². The molecule has 1 unspecified atom stereocenters. The number of halogens is 2. The summed E-state index contributed by atoms with van der Waals surface area (Å²) in [7, 11) is 0. The fourth-order valence-corrected chi connectivity index (χ4v) is 2.26. The smallest absolute Gasteiger partial charge is 0.387 e. The molecular formula is C16H16F2N2O4. The Morgan fingerprint density at radius 2 is 1.96 bits per heavy atom. The van der Waals surface area contributed by atoms with E-state index in [-0.39, 0.29) is 16.2 Å². The van der Waals surface area contributed by atoms with Crippen molar-refractivity contribution in [3.05, 3.63) is 64.1 Å². The van der Waals surface area contributed by atoms with Gasteiger partial charge in [0.25, 0.3) is 11.5 Å². The second-order valence-electron chi connectivity index (χ2n) is 4.91. The Labute approximate surface area is 136 Å². The van der Waals surface area contributed by atoms with Crippen LogP contribution in [0, 0.1) is 0 Å². The number of amides is 1. The topological polar surface area (TPSA) is 80.6 Å². The molecule has 1 aromatic heterocycles. The van der Waals surface area contributed by atoms with Crippen LogP contribution in [0.1, 0.15) is 35.4 Å². The molecule has 6 nitrogen and oxygen atoms in total. The molecule has 0 aliphatic rings. The number of carbonyl (C=O) groups excluding carboxylic acids is 1. The van der Waals surface area contributed by atoms with E-state index in [1.54, 1.807) is 25.1 Å². The van der Waals surface area contributed by atoms with Crippen LogP contribution in [0.5, 0.6) is 5.75 Å². The van der Waals surface area contributed by atoms with Gasteiger partial charge in [-0.2, -0.15) is 8.78 Å². The summed E-state index contributed by atoms with van der Waals surface area (Å²) in [6, 6.07) is 9.17. The Balaban J connectivity index is 2.28. The number of nitrogens with one attached hydrogen (secondary N) is 1. The maximum Gasteiger partial charge on any atom is 0.387 e. The lowest BCUT2D eigenvalue weighted by atomic mass is 10.0. The summed E-state index contributed by atoms with van der Waals surface area (Å²) in [5.74, 6) is -0.761. The first-order valence-electron chi connectivity index (χ1n) is 7.20. The third-order valence-corrected chi connectivity index (χ3v) is 3.39. The van der Waals surface area contributed by atoms with Gasteiger partial charge >= 0.3 is 6.61 Å². The summed E-state index contributed by atoms with van der Waals surface area (Å²) < 4.78 is 29.7. The molecule has 0 saturated carbocycles. The van der Waals surface area contributed by atoms with Gasteiger partial charge in [-0.15, -0.1) is 4.73 Å². The van der Waals surface area contributed by atoms with Gasteiger partial charge < -0.3 is 15.3 Å². The molecular weight excluding hydrogens is 322 g/mol. The quantitative estimate of drug-likeness (QED) is 0.793. The number of para-hydroxylation sites is 1. The highest BCUT2D eigenvalue weighted by Gasteiger charge is 2.21. The molecule has 0 saturated heterocycles. The van der Waals surface area contributed by atoms with Crippen LogP contribution in [-0.4, -0.2) is 22.5 Å². The maximum absolute atomic E-state index is 12.5. The predicted octanol–water partition coefficient (Wildman–Crippen LogP) is 2.57. The molecule has 2 rings (SSSR count). The van der Waals surface area contributed by atoms with E-state index in [1.807, 2.05) is 0 Å². The molecule has 8 heteroatoms. The summed E-state index contributed by atoms with van der Waals surface area (Å²) in [6.07, 6.45) is 0.387. The molecule has 2 aromatic rings. The lowest BCUT2D eigenvalue weighted by molar-refractivity contribution is -0.0506. The number of hydrogen-bond donors (Lipinski definition) is 2. The average molecular weight is 338 g/mol. The number of nitrogens with zero attached hydrogens (tertiary/aromatic N) is 1. The van der Waals surface area contributed by atoms with E-state index < -0.39 is 24.1 Å². The minimum atomic E-state index is -2.99. The second-order valence-corrected chi connectivity index (χ2v) is 4.91. The van der Waals surface area contributed by atoms with E-state index in [0.29, 0.717) is 12.0 Å². The number of pyridine rings is 1. The van der Waals surface area contributed by atoms with Gasteiger partial charge in [-0.3, -0.25) is 9.59 Å². The zero-order valence-electron chi connectivity index (χ0n) is 12.8. The minimum Gasteiger partial charge on any atom is -0.434 e. The van der Waals surface area contributed by atoms with Crippen LogP contribution in [0.25, 0.3) is 0 Å². The van der Waals surface area contributed by atoms with Crippen molar-refractivity contribution in [1.82, 2.24) is 10.0 Å². The molecule has 1 heterocycles. The van der Waals surface area contributed by atoms with Crippen LogP contribution in [0.3, 0.4) is 0 Å². The molecule has 1 atom stereocenters. The third-order valence-electron chi connectivity index (χ3n) is 3.39. The van der Waals surface area contributed by atoms with Crippen molar-refractivity contribution in [2.45, 2.75) is 26.0 Å². The van der Waals surface area contributed by atoms with E-state index in [9.17, 15) is 23.6 Å². The molecule has 0 aliphatic carbocycles. The zero-order valence-corrected chi connectivity index (χ0v) is 12.8. The molecule has 0 fully saturated rings. The Morgan fingerprint density at radius 3 is 2.62 bits per heavy atom. The average Bonchev–Trinajstić information content (AvgIpc) is 2.55. The SMILES string of the molecule is CCC(NC(=O)c1cccc(=O)n1O)c1ccccc1OC(F)F. The maximum atomic E-state index is 12.5. The number of carbonyl (C=O) groups is 1. The first kappa shape index (κ1) is 17.5. The van der Waals surface area contributed by atoms with E-state index in [0.717, 1.165) is 6.07 Å². The van der Waals surface area contributed by atoms with E-state index >= 15 is 0 Å². The van der Waals surface area contributed by atoms with Gasteiger partial charge in [0.2, 0.25) is 0 Å². The number of benzene rings is 1. The third kappa shape index (κ3) is 3.89. The highest BCUT2D eigenvalue weighted by atomic mass is 19.3. The largest absolute Gasteiger partial charge is 0.434 e. The lowest BCUT2D eigenvalue weighted by Crippen LogP contribution is -2.33. The summed E-state index contributed by atoms with van der Waals surface area (Å²) >= 11 is 0. The number of alkyl halides is 2. The van der Waals surface area contributed by atoms with Crippen molar-refractivity contribution >= 4 is 5.91 Å². The minimum absolute atomic E-state index is 0.0471. The zero-order chi connectivity index (χ0) is 17.7. The summed E-state index contributed by atoms with van der Waals surface area (Å²) in [6.45, 7) is -1.24. The molecule has 0 bridgehead atoms. The number of rotatable bonds is 6. The number of ether oxygens (including phenoxy) is 1. The van der Waals surface area contributed by atoms with Crippen LogP contribution in [0.4, 0.5) is 8.78 Å². The van der Waals surface area contributed by atoms with E-state index in [1.165, 1.54) is 18.2 Å². The van der Waals surface area contributed by atoms with Crippen LogP contribution in [0.2, 0.25) is 0 Å². The van der Waals surface area contributed by atoms with Gasteiger partial charge in [-0.25, -0.2) is 0 Å². The molecule has 2 N–H and O–H groups in total. The van der Waals surface area contributed by atoms with Gasteiger partial charge in [0.15, 0.2) is 0 Å². The highest BCUT2D eigenvalue weighted by molar-refractivity contribution is 5.92. The Kier molecular flexibility index (Phi) is 5.51. The molecule has 0 aliphatic heterocycles. The standard InChI is InChI=1S/C16H16F2N2O4/c1-2-11(10-6-3-4-8-13(10)24-16(17)18)19-15(22)12-7-5-9-14(21)20(12)23/h3-9,11,16,23H,2H2,1H3,(H,19,22). The Morgan fingerprint density at radius 1 is 1.25 bits per heavy atom. The molecule has 0 radical (unpaired) electrons. The van der Waals surface area contributed by atoms with Crippen LogP contribution >= 0.6 is 0 Å². The van der Waals surface area contributed by atoms with Gasteiger partial charge in [0.05, 0.1) is 6.04 Å². The van der Waals surface area contributed by atoms with E-state index in [4.69, 9.17) is 0 Å². The van der Waals surface area contributed by atoms with Crippen molar-refractivity contribution in [1.29, 1.82) is 0 Å². The molecule has 1 aromatic carbocycles. The molecule has 24 heavy (non-hydrogen) atoms. The van der Waals surface area contributed by atoms with E-state index in [2.05, 4.69) is 10.1 Å². The Hall–Kier alpha value is -2.90. The van der Waals surface area contributed by atoms with Gasteiger partial charge in [0, 0.05) is 11.6 Å². The van der Waals surface area contributed by atoms with Crippen molar-refractivity contribution in [2.24, 2.45) is 0 Å². The van der Waals surface area contributed by atoms with Crippen LogP contribution in [-0.2, 0) is 0 Å². The first-order chi connectivity index (χ1) is 11.4. The second kappa shape index (κ2) is 7.58. The fourth-order valence-electron chi connectivity index (χ4n) is 2.26. The molecule has 0 spiro atoms. The lowest BCUT2D eigenvalue weighted by Gasteiger charge is -2.20. The summed E-state index contributed by atoms with van der Waals surface area (Å²) in [5, 5.41) is 12.2. The highest BCUT2D eigenvalue weighted by Crippen LogP contribution is 2.28. The normalized spacial score (nSPS) is 12.0.